The number of aryl methyl sites for hydroxylation is 1. The first-order valence-electron chi connectivity index (χ1n) is 11.9. The number of carboxylic acids is 1. The molecular formula is C29H32ClNO5. The van der Waals surface area contributed by atoms with Gasteiger partial charge < -0.3 is 19.8 Å². The van der Waals surface area contributed by atoms with Gasteiger partial charge in [-0.3, -0.25) is 0 Å². The third-order valence-electron chi connectivity index (χ3n) is 5.54. The summed E-state index contributed by atoms with van der Waals surface area (Å²) in [5, 5.41) is 20.5. The molecule has 0 saturated carbocycles. The zero-order valence-corrected chi connectivity index (χ0v) is 21.5. The molecule has 0 fully saturated rings. The van der Waals surface area contributed by atoms with Crippen molar-refractivity contribution in [3.63, 3.8) is 0 Å². The summed E-state index contributed by atoms with van der Waals surface area (Å²) >= 11 is 6.06. The second-order valence-corrected chi connectivity index (χ2v) is 10.1. The average molecular weight is 510 g/mol. The van der Waals surface area contributed by atoms with Crippen LogP contribution in [0.4, 0.5) is 4.79 Å². The number of halogens is 1. The van der Waals surface area contributed by atoms with Crippen LogP contribution in [0.5, 0.6) is 0 Å². The van der Waals surface area contributed by atoms with Gasteiger partial charge in [0.25, 0.3) is 0 Å². The van der Waals surface area contributed by atoms with E-state index in [-0.39, 0.29) is 12.1 Å². The van der Waals surface area contributed by atoms with Crippen molar-refractivity contribution in [1.82, 2.24) is 4.90 Å². The summed E-state index contributed by atoms with van der Waals surface area (Å²) in [6, 6.07) is 21.7. The summed E-state index contributed by atoms with van der Waals surface area (Å²) in [6.07, 6.45) is -0.0389. The maximum absolute atomic E-state index is 12.9. The molecule has 3 aromatic carbocycles. The highest BCUT2D eigenvalue weighted by Gasteiger charge is 2.24. The fourth-order valence-corrected chi connectivity index (χ4v) is 4.02. The highest BCUT2D eigenvalue weighted by molar-refractivity contribution is 6.30. The fraction of sp³-hybridized carbons (Fsp3) is 0.310. The molecule has 0 aliphatic rings. The molecule has 1 atom stereocenters. The Morgan fingerprint density at radius 1 is 0.972 bits per heavy atom. The second-order valence-electron chi connectivity index (χ2n) is 9.69. The molecule has 0 spiro atoms. The maximum atomic E-state index is 12.9. The number of rotatable bonds is 9. The first-order valence-corrected chi connectivity index (χ1v) is 12.2. The molecule has 0 heterocycles. The molecule has 0 bridgehead atoms. The topological polar surface area (TPSA) is 87.1 Å². The molecule has 0 unspecified atom stereocenters. The lowest BCUT2D eigenvalue weighted by Crippen LogP contribution is -2.40. The van der Waals surface area contributed by atoms with Crippen molar-refractivity contribution < 1.29 is 24.5 Å². The highest BCUT2D eigenvalue weighted by atomic mass is 35.5. The second kappa shape index (κ2) is 12.1. The number of benzene rings is 3. The third kappa shape index (κ3) is 8.11. The molecule has 2 N–H and O–H groups in total. The van der Waals surface area contributed by atoms with Gasteiger partial charge in [0.05, 0.1) is 18.2 Å². The van der Waals surface area contributed by atoms with Crippen molar-refractivity contribution >= 4 is 23.7 Å². The van der Waals surface area contributed by atoms with Crippen LogP contribution in [-0.4, -0.2) is 45.9 Å². The van der Waals surface area contributed by atoms with Gasteiger partial charge in [-0.1, -0.05) is 60.1 Å². The average Bonchev–Trinajstić information content (AvgIpc) is 2.82. The Morgan fingerprint density at radius 3 is 2.31 bits per heavy atom. The standard InChI is InChI=1S/C29H32ClNO5/c1-29(2,3)36-28(35)31(19-26(32)23-12-6-14-25(30)18-23)15-7-9-20-8-4-10-21(16-20)22-11-5-13-24(17-22)27(33)34/h4-6,8,10-14,16-18,26,32H,7,9,15,19H2,1-3H3,(H,33,34)/t26-/m0/s1. The number of aromatic carboxylic acids is 1. The number of aliphatic hydroxyl groups is 1. The zero-order chi connectivity index (χ0) is 26.3. The van der Waals surface area contributed by atoms with Gasteiger partial charge in [-0.15, -0.1) is 0 Å². The SMILES string of the molecule is CC(C)(C)OC(=O)N(CCCc1cccc(-c2cccc(C(=O)O)c2)c1)C[C@H](O)c1cccc(Cl)c1. The number of carbonyl (C=O) groups is 2. The van der Waals surface area contributed by atoms with Crippen molar-refractivity contribution in [2.75, 3.05) is 13.1 Å². The summed E-state index contributed by atoms with van der Waals surface area (Å²) in [5.41, 5.74) is 3.03. The minimum absolute atomic E-state index is 0.0806. The number of ether oxygens (including phenoxy) is 1. The van der Waals surface area contributed by atoms with E-state index in [2.05, 4.69) is 0 Å². The molecule has 0 radical (unpaired) electrons. The Hall–Kier alpha value is -3.35. The minimum atomic E-state index is -0.963. The minimum Gasteiger partial charge on any atom is -0.478 e. The van der Waals surface area contributed by atoms with Crippen molar-refractivity contribution in [1.29, 1.82) is 0 Å². The van der Waals surface area contributed by atoms with Gasteiger partial charge in [-0.05, 0) is 80.1 Å². The van der Waals surface area contributed by atoms with Crippen LogP contribution < -0.4 is 0 Å². The van der Waals surface area contributed by atoms with E-state index in [0.29, 0.717) is 30.0 Å². The molecule has 1 amide bonds. The van der Waals surface area contributed by atoms with Gasteiger partial charge in [0.2, 0.25) is 0 Å². The Morgan fingerprint density at radius 2 is 1.64 bits per heavy atom. The summed E-state index contributed by atoms with van der Waals surface area (Å²) in [4.78, 5) is 25.7. The van der Waals surface area contributed by atoms with Crippen molar-refractivity contribution in [3.05, 3.63) is 94.5 Å². The zero-order valence-electron chi connectivity index (χ0n) is 20.8. The number of hydrogen-bond acceptors (Lipinski definition) is 4. The van der Waals surface area contributed by atoms with Gasteiger partial charge in [0.15, 0.2) is 0 Å². The number of amides is 1. The molecule has 0 saturated heterocycles. The smallest absolute Gasteiger partial charge is 0.410 e. The number of nitrogens with zero attached hydrogens (tertiary/aromatic N) is 1. The van der Waals surface area contributed by atoms with Crippen molar-refractivity contribution in [2.24, 2.45) is 0 Å². The summed E-state index contributed by atoms with van der Waals surface area (Å²) < 4.78 is 5.57. The summed E-state index contributed by atoms with van der Waals surface area (Å²) in [6.45, 7) is 5.90. The van der Waals surface area contributed by atoms with E-state index < -0.39 is 23.8 Å². The first-order chi connectivity index (χ1) is 17.0. The van der Waals surface area contributed by atoms with Gasteiger partial charge in [-0.2, -0.15) is 0 Å². The molecule has 6 nitrogen and oxygen atoms in total. The molecule has 0 aliphatic carbocycles. The van der Waals surface area contributed by atoms with Crippen LogP contribution in [0.25, 0.3) is 11.1 Å². The first kappa shape index (κ1) is 27.2. The van der Waals surface area contributed by atoms with Gasteiger partial charge in [0, 0.05) is 11.6 Å². The van der Waals surface area contributed by atoms with E-state index >= 15 is 0 Å². The van der Waals surface area contributed by atoms with Crippen LogP contribution in [0.1, 0.15) is 54.8 Å². The monoisotopic (exact) mass is 509 g/mol. The van der Waals surface area contributed by atoms with Gasteiger partial charge in [-0.25, -0.2) is 9.59 Å². The normalized spacial score (nSPS) is 12.1. The van der Waals surface area contributed by atoms with E-state index in [0.717, 1.165) is 16.7 Å². The van der Waals surface area contributed by atoms with Crippen LogP contribution >= 0.6 is 11.6 Å². The van der Waals surface area contributed by atoms with Gasteiger partial charge >= 0.3 is 12.1 Å². The van der Waals surface area contributed by atoms with E-state index in [9.17, 15) is 19.8 Å². The van der Waals surface area contributed by atoms with E-state index in [1.807, 2.05) is 30.3 Å². The molecule has 0 aliphatic heterocycles. The molecule has 0 aromatic heterocycles. The van der Waals surface area contributed by atoms with Crippen LogP contribution in [-0.2, 0) is 11.2 Å². The lowest BCUT2D eigenvalue weighted by Gasteiger charge is -2.29. The molecule has 3 aromatic rings. The Labute approximate surface area is 217 Å². The van der Waals surface area contributed by atoms with Crippen LogP contribution in [0.15, 0.2) is 72.8 Å². The molecule has 3 rings (SSSR count). The highest BCUT2D eigenvalue weighted by Crippen LogP contribution is 2.23. The predicted molar refractivity (Wildman–Crippen MR) is 141 cm³/mol. The summed E-state index contributed by atoms with van der Waals surface area (Å²) in [5.74, 6) is -0.963. The fourth-order valence-electron chi connectivity index (χ4n) is 3.82. The van der Waals surface area contributed by atoms with Crippen molar-refractivity contribution in [2.45, 2.75) is 45.3 Å². The van der Waals surface area contributed by atoms with Crippen LogP contribution in [0.3, 0.4) is 0 Å². The molecule has 190 valence electrons. The number of carboxylic acid groups (broad SMARTS) is 1. The van der Waals surface area contributed by atoms with Crippen LogP contribution in [0.2, 0.25) is 5.02 Å². The quantitative estimate of drug-likeness (QED) is 0.339. The molecule has 36 heavy (non-hydrogen) atoms. The van der Waals surface area contributed by atoms with Crippen molar-refractivity contribution in [3.8, 4) is 11.1 Å². The van der Waals surface area contributed by atoms with Crippen LogP contribution in [0, 0.1) is 0 Å². The Bertz CT molecular complexity index is 1200. The lowest BCUT2D eigenvalue weighted by atomic mass is 9.99. The Balaban J connectivity index is 1.69. The predicted octanol–water partition coefficient (Wildman–Crippen LogP) is 6.61. The van der Waals surface area contributed by atoms with E-state index in [1.165, 1.54) is 4.90 Å². The lowest BCUT2D eigenvalue weighted by molar-refractivity contribution is 0.0142. The largest absolute Gasteiger partial charge is 0.478 e. The maximum Gasteiger partial charge on any atom is 0.410 e. The number of carbonyl (C=O) groups excluding carboxylic acids is 1. The van der Waals surface area contributed by atoms with E-state index in [4.69, 9.17) is 16.3 Å². The molecular weight excluding hydrogens is 478 g/mol. The third-order valence-corrected chi connectivity index (χ3v) is 5.78. The number of hydrogen-bond donors (Lipinski definition) is 2. The Kier molecular flexibility index (Phi) is 9.13. The molecule has 7 heteroatoms. The summed E-state index contributed by atoms with van der Waals surface area (Å²) in [7, 11) is 0. The number of aliphatic hydroxyl groups excluding tert-OH is 1. The van der Waals surface area contributed by atoms with E-state index in [1.54, 1.807) is 63.2 Å². The van der Waals surface area contributed by atoms with Gasteiger partial charge in [0.1, 0.15) is 5.60 Å².